The van der Waals surface area contributed by atoms with Gasteiger partial charge in [-0.3, -0.25) is 4.79 Å². The van der Waals surface area contributed by atoms with Crippen LogP contribution in [0, 0.1) is 6.92 Å². The van der Waals surface area contributed by atoms with Gasteiger partial charge in [-0.15, -0.1) is 0 Å². The number of allylic oxidation sites excluding steroid dienone is 3. The number of esters is 1. The van der Waals surface area contributed by atoms with Crippen LogP contribution < -0.4 is 4.74 Å². The number of benzene rings is 2. The van der Waals surface area contributed by atoms with E-state index in [-0.39, 0.29) is 5.97 Å². The lowest BCUT2D eigenvalue weighted by molar-refractivity contribution is -0.131. The van der Waals surface area contributed by atoms with E-state index in [1.165, 1.54) is 24.5 Å². The first kappa shape index (κ1) is 22.5. The van der Waals surface area contributed by atoms with Crippen LogP contribution in [0.4, 0.5) is 0 Å². The van der Waals surface area contributed by atoms with Crippen molar-refractivity contribution in [3.63, 3.8) is 0 Å². The van der Waals surface area contributed by atoms with E-state index in [4.69, 9.17) is 4.74 Å². The lowest BCUT2D eigenvalue weighted by atomic mass is 9.77. The highest BCUT2D eigenvalue weighted by molar-refractivity contribution is 5.85. The molecule has 1 N–H and O–H groups in total. The molecule has 0 radical (unpaired) electrons. The van der Waals surface area contributed by atoms with Crippen molar-refractivity contribution in [3.05, 3.63) is 82.9 Å². The second-order valence-corrected chi connectivity index (χ2v) is 9.43. The summed E-state index contributed by atoms with van der Waals surface area (Å²) in [4.78, 5) is 11.8. The van der Waals surface area contributed by atoms with Gasteiger partial charge in [0, 0.05) is 12.5 Å². The van der Waals surface area contributed by atoms with E-state index in [9.17, 15) is 9.90 Å². The minimum Gasteiger partial charge on any atom is -0.426 e. The summed E-state index contributed by atoms with van der Waals surface area (Å²) in [5.74, 6) is 0.761. The van der Waals surface area contributed by atoms with E-state index in [1.54, 1.807) is 0 Å². The molecule has 3 heteroatoms. The Labute approximate surface area is 191 Å². The standard InChI is InChI=1S/C29H34O3/c1-21-11-16-28(32-22(2)30)26(19-21)27(20-29(31)17-7-4-8-18-29)25-14-12-24(13-15-25)23-9-5-3-6-10-23/h3,5-6,9-11,14,16,19-20,24,31H,4,7-8,12-13,15,17-18H2,1-2H3/b27-20-. The number of hydrogen-bond acceptors (Lipinski definition) is 3. The predicted molar refractivity (Wildman–Crippen MR) is 130 cm³/mol. The van der Waals surface area contributed by atoms with Crippen LogP contribution in [0.3, 0.4) is 0 Å². The molecule has 1 atom stereocenters. The second kappa shape index (κ2) is 9.87. The Morgan fingerprint density at radius 1 is 1.09 bits per heavy atom. The third-order valence-electron chi connectivity index (χ3n) is 6.84. The zero-order chi connectivity index (χ0) is 22.6. The number of rotatable bonds is 5. The van der Waals surface area contributed by atoms with Crippen LogP contribution in [0.15, 0.2) is 66.3 Å². The Morgan fingerprint density at radius 2 is 1.84 bits per heavy atom. The third-order valence-corrected chi connectivity index (χ3v) is 6.84. The van der Waals surface area contributed by atoms with Gasteiger partial charge in [-0.2, -0.15) is 0 Å². The monoisotopic (exact) mass is 430 g/mol. The lowest BCUT2D eigenvalue weighted by Gasteiger charge is -2.32. The first-order valence-electron chi connectivity index (χ1n) is 11.9. The van der Waals surface area contributed by atoms with Crippen molar-refractivity contribution in [1.29, 1.82) is 0 Å². The molecular weight excluding hydrogens is 396 g/mol. The van der Waals surface area contributed by atoms with Gasteiger partial charge in [0.1, 0.15) is 5.75 Å². The molecule has 0 spiro atoms. The summed E-state index contributed by atoms with van der Waals surface area (Å²) in [6.45, 7) is 3.49. The summed E-state index contributed by atoms with van der Waals surface area (Å²) < 4.78 is 5.60. The maximum Gasteiger partial charge on any atom is 0.308 e. The highest BCUT2D eigenvalue weighted by Crippen LogP contribution is 2.42. The average Bonchev–Trinajstić information content (AvgIpc) is 2.80. The van der Waals surface area contributed by atoms with Crippen molar-refractivity contribution in [3.8, 4) is 5.75 Å². The third kappa shape index (κ3) is 5.39. The molecule has 1 fully saturated rings. The van der Waals surface area contributed by atoms with Crippen LogP contribution in [0.1, 0.15) is 80.9 Å². The van der Waals surface area contributed by atoms with Crippen LogP contribution in [0.5, 0.6) is 5.75 Å². The van der Waals surface area contributed by atoms with Gasteiger partial charge in [0.15, 0.2) is 0 Å². The van der Waals surface area contributed by atoms with E-state index < -0.39 is 5.60 Å². The van der Waals surface area contributed by atoms with Gasteiger partial charge in [-0.1, -0.05) is 67.3 Å². The largest absolute Gasteiger partial charge is 0.426 e. The topological polar surface area (TPSA) is 46.5 Å². The molecule has 0 bridgehead atoms. The summed E-state index contributed by atoms with van der Waals surface area (Å²) >= 11 is 0. The molecule has 4 rings (SSSR count). The van der Waals surface area contributed by atoms with E-state index in [0.29, 0.717) is 11.7 Å². The zero-order valence-corrected chi connectivity index (χ0v) is 19.3. The normalized spacial score (nSPS) is 21.0. The van der Waals surface area contributed by atoms with Crippen molar-refractivity contribution in [2.24, 2.45) is 0 Å². The maximum atomic E-state index is 11.8. The molecule has 168 valence electrons. The minimum atomic E-state index is -0.804. The summed E-state index contributed by atoms with van der Waals surface area (Å²) in [5, 5.41) is 11.4. The summed E-state index contributed by atoms with van der Waals surface area (Å²) in [7, 11) is 0. The van der Waals surface area contributed by atoms with Crippen LogP contribution in [-0.2, 0) is 4.79 Å². The number of hydrogen-bond donors (Lipinski definition) is 1. The first-order valence-corrected chi connectivity index (χ1v) is 11.9. The molecule has 0 saturated heterocycles. The summed E-state index contributed by atoms with van der Waals surface area (Å²) in [6, 6.07) is 16.6. The van der Waals surface area contributed by atoms with Gasteiger partial charge >= 0.3 is 5.97 Å². The fourth-order valence-electron chi connectivity index (χ4n) is 5.13. The van der Waals surface area contributed by atoms with Crippen molar-refractivity contribution in [2.75, 3.05) is 0 Å². The number of carbonyl (C=O) groups excluding carboxylic acids is 1. The summed E-state index contributed by atoms with van der Waals surface area (Å²) in [6.07, 6.45) is 12.2. The molecule has 32 heavy (non-hydrogen) atoms. The van der Waals surface area contributed by atoms with Gasteiger partial charge in [0.05, 0.1) is 5.60 Å². The van der Waals surface area contributed by atoms with Crippen LogP contribution >= 0.6 is 0 Å². The first-order chi connectivity index (χ1) is 15.4. The van der Waals surface area contributed by atoms with E-state index in [2.05, 4.69) is 55.5 Å². The Morgan fingerprint density at radius 3 is 2.50 bits per heavy atom. The molecular formula is C29H34O3. The quantitative estimate of drug-likeness (QED) is 0.415. The second-order valence-electron chi connectivity index (χ2n) is 9.43. The SMILES string of the molecule is CC(=O)Oc1ccc(C)cc1/C(=C\C1(O)CCCCC1)C1=CCC(c2ccccc2)CC1. The van der Waals surface area contributed by atoms with Crippen molar-refractivity contribution < 1.29 is 14.6 Å². The van der Waals surface area contributed by atoms with Crippen LogP contribution in [0.2, 0.25) is 0 Å². The Balaban J connectivity index is 1.74. The molecule has 3 nitrogen and oxygen atoms in total. The molecule has 2 aromatic carbocycles. The van der Waals surface area contributed by atoms with Gasteiger partial charge in [0.25, 0.3) is 0 Å². The average molecular weight is 431 g/mol. The van der Waals surface area contributed by atoms with E-state index in [0.717, 1.165) is 61.6 Å². The van der Waals surface area contributed by atoms with E-state index in [1.807, 2.05) is 12.1 Å². The van der Waals surface area contributed by atoms with E-state index >= 15 is 0 Å². The Kier molecular flexibility index (Phi) is 6.95. The molecule has 0 aromatic heterocycles. The van der Waals surface area contributed by atoms with Gasteiger partial charge in [-0.25, -0.2) is 0 Å². The van der Waals surface area contributed by atoms with Gasteiger partial charge in [0.2, 0.25) is 0 Å². The smallest absolute Gasteiger partial charge is 0.308 e. The van der Waals surface area contributed by atoms with Crippen LogP contribution in [-0.4, -0.2) is 16.7 Å². The summed E-state index contributed by atoms with van der Waals surface area (Å²) in [5.41, 5.74) is 4.87. The molecule has 1 unspecified atom stereocenters. The van der Waals surface area contributed by atoms with Crippen LogP contribution in [0.25, 0.3) is 5.57 Å². The lowest BCUT2D eigenvalue weighted by Crippen LogP contribution is -2.29. The Hall–Kier alpha value is -2.65. The number of aryl methyl sites for hydroxylation is 1. The highest BCUT2D eigenvalue weighted by Gasteiger charge is 2.30. The molecule has 0 aliphatic heterocycles. The molecule has 0 heterocycles. The molecule has 2 aromatic rings. The molecule has 0 amide bonds. The highest BCUT2D eigenvalue weighted by atomic mass is 16.5. The molecule has 1 saturated carbocycles. The molecule has 2 aliphatic rings. The number of carbonyl (C=O) groups is 1. The maximum absolute atomic E-state index is 11.8. The molecule has 2 aliphatic carbocycles. The predicted octanol–water partition coefficient (Wildman–Crippen LogP) is 6.89. The van der Waals surface area contributed by atoms with Crippen molar-refractivity contribution in [2.45, 2.75) is 76.7 Å². The zero-order valence-electron chi connectivity index (χ0n) is 19.3. The van der Waals surface area contributed by atoms with Crippen molar-refractivity contribution in [1.82, 2.24) is 0 Å². The fraction of sp³-hybridized carbons (Fsp3) is 0.414. The van der Waals surface area contributed by atoms with Gasteiger partial charge in [-0.05, 0) is 79.9 Å². The number of ether oxygens (including phenoxy) is 1. The Bertz CT molecular complexity index is 1010. The minimum absolute atomic E-state index is 0.326. The van der Waals surface area contributed by atoms with Gasteiger partial charge < -0.3 is 9.84 Å². The number of aliphatic hydroxyl groups is 1. The fourth-order valence-corrected chi connectivity index (χ4v) is 5.13. The van der Waals surface area contributed by atoms with Crippen molar-refractivity contribution >= 4 is 11.5 Å².